The summed E-state index contributed by atoms with van der Waals surface area (Å²) in [5.74, 6) is 0. The quantitative estimate of drug-likeness (QED) is 0.852. The highest BCUT2D eigenvalue weighted by atomic mass is 127. The van der Waals surface area contributed by atoms with E-state index in [2.05, 4.69) is 51.6 Å². The molecule has 1 nitrogen and oxygen atoms in total. The van der Waals surface area contributed by atoms with Gasteiger partial charge in [0.15, 0.2) is 0 Å². The summed E-state index contributed by atoms with van der Waals surface area (Å²) in [6.07, 6.45) is 0.949. The summed E-state index contributed by atoms with van der Waals surface area (Å²) >= 11 is 5.86. The molecule has 2 aromatic heterocycles. The van der Waals surface area contributed by atoms with Crippen LogP contribution in [-0.4, -0.2) is 0 Å². The zero-order valence-electron chi connectivity index (χ0n) is 7.44. The van der Waals surface area contributed by atoms with Gasteiger partial charge in [-0.3, -0.25) is 0 Å². The van der Waals surface area contributed by atoms with Crippen molar-refractivity contribution in [3.8, 4) is 0 Å². The summed E-state index contributed by atoms with van der Waals surface area (Å²) in [5.41, 5.74) is 7.37. The van der Waals surface area contributed by atoms with Gasteiger partial charge in [0.05, 0.1) is 2.88 Å². The standard InChI is InChI=1S/C10H10INS2/c11-10-4-7(6-14-10)9(12)5-8-2-1-3-13-8/h1-4,6,9H,5,12H2. The molecule has 74 valence electrons. The van der Waals surface area contributed by atoms with Gasteiger partial charge in [0.2, 0.25) is 0 Å². The van der Waals surface area contributed by atoms with Crippen molar-refractivity contribution >= 4 is 45.3 Å². The lowest BCUT2D eigenvalue weighted by molar-refractivity contribution is 0.733. The van der Waals surface area contributed by atoms with Gasteiger partial charge in [-0.15, -0.1) is 22.7 Å². The smallest absolute Gasteiger partial charge is 0.0656 e. The van der Waals surface area contributed by atoms with Crippen LogP contribution in [-0.2, 0) is 6.42 Å². The lowest BCUT2D eigenvalue weighted by Crippen LogP contribution is -2.11. The second-order valence-electron chi connectivity index (χ2n) is 3.07. The molecule has 0 saturated heterocycles. The Kier molecular flexibility index (Phi) is 3.59. The minimum absolute atomic E-state index is 0.147. The second-order valence-corrected chi connectivity index (χ2v) is 6.91. The number of halogens is 1. The molecule has 1 atom stereocenters. The van der Waals surface area contributed by atoms with Crippen molar-refractivity contribution in [3.63, 3.8) is 0 Å². The summed E-state index contributed by atoms with van der Waals surface area (Å²) in [6, 6.07) is 6.53. The molecule has 0 aliphatic carbocycles. The SMILES string of the molecule is NC(Cc1cccs1)c1csc(I)c1. The third-order valence-electron chi connectivity index (χ3n) is 2.02. The van der Waals surface area contributed by atoms with Gasteiger partial charge in [0.1, 0.15) is 0 Å². The van der Waals surface area contributed by atoms with Crippen LogP contribution in [0.2, 0.25) is 0 Å². The number of hydrogen-bond donors (Lipinski definition) is 1. The molecule has 0 spiro atoms. The van der Waals surface area contributed by atoms with Crippen LogP contribution in [0.25, 0.3) is 0 Å². The first-order valence-electron chi connectivity index (χ1n) is 4.27. The van der Waals surface area contributed by atoms with Gasteiger partial charge in [0.25, 0.3) is 0 Å². The summed E-state index contributed by atoms with van der Waals surface area (Å²) in [7, 11) is 0. The minimum atomic E-state index is 0.147. The van der Waals surface area contributed by atoms with Crippen LogP contribution in [0.3, 0.4) is 0 Å². The number of rotatable bonds is 3. The topological polar surface area (TPSA) is 26.0 Å². The third-order valence-corrected chi connectivity index (χ3v) is 4.72. The van der Waals surface area contributed by atoms with Crippen molar-refractivity contribution in [3.05, 3.63) is 42.3 Å². The van der Waals surface area contributed by atoms with E-state index in [1.54, 1.807) is 22.7 Å². The van der Waals surface area contributed by atoms with E-state index in [0.29, 0.717) is 0 Å². The molecule has 0 aromatic carbocycles. The molecule has 2 aromatic rings. The van der Waals surface area contributed by atoms with E-state index in [9.17, 15) is 0 Å². The molecule has 14 heavy (non-hydrogen) atoms. The average molecular weight is 335 g/mol. The van der Waals surface area contributed by atoms with Crippen molar-refractivity contribution in [2.45, 2.75) is 12.5 Å². The van der Waals surface area contributed by atoms with E-state index >= 15 is 0 Å². The van der Waals surface area contributed by atoms with E-state index in [1.807, 2.05) is 0 Å². The average Bonchev–Trinajstić information content (AvgIpc) is 2.75. The van der Waals surface area contributed by atoms with E-state index in [0.717, 1.165) is 6.42 Å². The van der Waals surface area contributed by atoms with E-state index in [-0.39, 0.29) is 6.04 Å². The Bertz CT molecular complexity index is 394. The first-order valence-corrected chi connectivity index (χ1v) is 7.11. The first kappa shape index (κ1) is 10.6. The molecule has 4 heteroatoms. The summed E-state index contributed by atoms with van der Waals surface area (Å²) in [5, 5.41) is 4.25. The Morgan fingerprint density at radius 1 is 1.43 bits per heavy atom. The summed E-state index contributed by atoms with van der Waals surface area (Å²) in [4.78, 5) is 1.36. The van der Waals surface area contributed by atoms with Gasteiger partial charge in [-0.2, -0.15) is 0 Å². The predicted octanol–water partition coefficient (Wildman–Crippen LogP) is 3.66. The van der Waals surface area contributed by atoms with Gasteiger partial charge in [0, 0.05) is 17.3 Å². The van der Waals surface area contributed by atoms with E-state index in [4.69, 9.17) is 5.73 Å². The van der Waals surface area contributed by atoms with Crippen molar-refractivity contribution in [1.29, 1.82) is 0 Å². The Morgan fingerprint density at radius 2 is 2.29 bits per heavy atom. The maximum atomic E-state index is 6.11. The van der Waals surface area contributed by atoms with Crippen LogP contribution in [0.5, 0.6) is 0 Å². The number of hydrogen-bond acceptors (Lipinski definition) is 3. The number of nitrogens with two attached hydrogens (primary N) is 1. The largest absolute Gasteiger partial charge is 0.324 e. The normalized spacial score (nSPS) is 13.0. The fourth-order valence-electron chi connectivity index (χ4n) is 1.28. The Balaban J connectivity index is 2.06. The highest BCUT2D eigenvalue weighted by Gasteiger charge is 2.09. The maximum Gasteiger partial charge on any atom is 0.0656 e. The molecule has 2 N–H and O–H groups in total. The molecular weight excluding hydrogens is 325 g/mol. The molecule has 0 bridgehead atoms. The lowest BCUT2D eigenvalue weighted by atomic mass is 10.1. The molecule has 0 aliphatic rings. The van der Waals surface area contributed by atoms with Crippen molar-refractivity contribution in [2.24, 2.45) is 5.73 Å². The molecular formula is C10H10INS2. The van der Waals surface area contributed by atoms with Crippen LogP contribution in [0, 0.1) is 2.88 Å². The van der Waals surface area contributed by atoms with Crippen LogP contribution in [0.15, 0.2) is 29.0 Å². The van der Waals surface area contributed by atoms with Gasteiger partial charge in [-0.05, 0) is 51.0 Å². The fraction of sp³-hybridized carbons (Fsp3) is 0.200. The van der Waals surface area contributed by atoms with Crippen molar-refractivity contribution in [2.75, 3.05) is 0 Å². The molecule has 2 heterocycles. The lowest BCUT2D eigenvalue weighted by Gasteiger charge is -2.07. The highest BCUT2D eigenvalue weighted by Crippen LogP contribution is 2.24. The van der Waals surface area contributed by atoms with Gasteiger partial charge in [-0.1, -0.05) is 6.07 Å². The monoisotopic (exact) mass is 335 g/mol. The molecule has 0 saturated carbocycles. The van der Waals surface area contributed by atoms with Crippen LogP contribution < -0.4 is 5.73 Å². The molecule has 2 rings (SSSR count). The van der Waals surface area contributed by atoms with Gasteiger partial charge >= 0.3 is 0 Å². The Morgan fingerprint density at radius 3 is 2.86 bits per heavy atom. The first-order chi connectivity index (χ1) is 6.75. The predicted molar refractivity (Wildman–Crippen MR) is 72.0 cm³/mol. The molecule has 0 aliphatic heterocycles. The van der Waals surface area contributed by atoms with Gasteiger partial charge in [-0.25, -0.2) is 0 Å². The van der Waals surface area contributed by atoms with E-state index in [1.165, 1.54) is 13.3 Å². The molecule has 1 unspecified atom stereocenters. The third kappa shape index (κ3) is 2.56. The van der Waals surface area contributed by atoms with Crippen molar-refractivity contribution in [1.82, 2.24) is 0 Å². The molecule has 0 radical (unpaired) electrons. The molecule has 0 fully saturated rings. The van der Waals surface area contributed by atoms with Crippen LogP contribution in [0.1, 0.15) is 16.5 Å². The minimum Gasteiger partial charge on any atom is -0.324 e. The Hall–Kier alpha value is 0.0900. The Labute approximate surface area is 105 Å². The second kappa shape index (κ2) is 4.74. The maximum absolute atomic E-state index is 6.11. The number of thiophene rings is 2. The fourth-order valence-corrected chi connectivity index (χ4v) is 3.48. The van der Waals surface area contributed by atoms with Crippen LogP contribution >= 0.6 is 45.3 Å². The highest BCUT2D eigenvalue weighted by molar-refractivity contribution is 14.1. The van der Waals surface area contributed by atoms with Crippen molar-refractivity contribution < 1.29 is 0 Å². The summed E-state index contributed by atoms with van der Waals surface area (Å²) in [6.45, 7) is 0. The molecule has 0 amide bonds. The zero-order chi connectivity index (χ0) is 9.97. The van der Waals surface area contributed by atoms with Crippen LogP contribution in [0.4, 0.5) is 0 Å². The van der Waals surface area contributed by atoms with E-state index < -0.39 is 0 Å². The summed E-state index contributed by atoms with van der Waals surface area (Å²) < 4.78 is 1.30. The zero-order valence-corrected chi connectivity index (χ0v) is 11.2. The van der Waals surface area contributed by atoms with Gasteiger partial charge < -0.3 is 5.73 Å².